The second-order valence-electron chi connectivity index (χ2n) is 10.5. The first kappa shape index (κ1) is 26.1. The standard InChI is InChI=1S/C39H28N2O2/c40-34(26-14-6-2-7-15-26)24-35(41)29-19-10-18-28(22-29)32-23-33-31-21-11-20-30(25-12-4-1-5-13-25)38(31)43-39(33)36(37(32)42)27-16-8-3-9-17-27/h1-24,41-42H,40H2/b34-24-,41-35?. The van der Waals surface area contributed by atoms with Crippen LogP contribution >= 0.6 is 0 Å². The fourth-order valence-electron chi connectivity index (χ4n) is 5.67. The molecule has 206 valence electrons. The van der Waals surface area contributed by atoms with Crippen LogP contribution in [0.25, 0.3) is 61.0 Å². The number of phenolic OH excluding ortho intramolecular Hbond substituents is 1. The summed E-state index contributed by atoms with van der Waals surface area (Å²) in [6.45, 7) is 0. The van der Waals surface area contributed by atoms with E-state index in [1.54, 1.807) is 6.08 Å². The van der Waals surface area contributed by atoms with Crippen LogP contribution in [0.1, 0.15) is 11.1 Å². The third-order valence-electron chi connectivity index (χ3n) is 7.80. The van der Waals surface area contributed by atoms with Crippen molar-refractivity contribution in [1.82, 2.24) is 0 Å². The number of nitrogens with one attached hydrogen (secondary N) is 1. The highest BCUT2D eigenvalue weighted by Crippen LogP contribution is 2.48. The molecular weight excluding hydrogens is 528 g/mol. The van der Waals surface area contributed by atoms with Crippen LogP contribution in [0.3, 0.4) is 0 Å². The molecule has 0 fully saturated rings. The highest BCUT2D eigenvalue weighted by Gasteiger charge is 2.22. The van der Waals surface area contributed by atoms with E-state index in [4.69, 9.17) is 15.6 Å². The number of allylic oxidation sites excluding steroid dienone is 1. The van der Waals surface area contributed by atoms with Crippen molar-refractivity contribution >= 4 is 33.3 Å². The maximum atomic E-state index is 11.9. The number of aromatic hydroxyl groups is 1. The lowest BCUT2D eigenvalue weighted by Crippen LogP contribution is -2.02. The molecule has 43 heavy (non-hydrogen) atoms. The second-order valence-corrected chi connectivity index (χ2v) is 10.5. The Balaban J connectivity index is 1.43. The Kier molecular flexibility index (Phi) is 6.57. The highest BCUT2D eigenvalue weighted by molar-refractivity contribution is 6.16. The van der Waals surface area contributed by atoms with Gasteiger partial charge in [-0.15, -0.1) is 0 Å². The van der Waals surface area contributed by atoms with Crippen LogP contribution in [0.5, 0.6) is 5.75 Å². The molecule has 0 aliphatic rings. The topological polar surface area (TPSA) is 83.2 Å². The van der Waals surface area contributed by atoms with Gasteiger partial charge in [-0.25, -0.2) is 0 Å². The van der Waals surface area contributed by atoms with Crippen molar-refractivity contribution in [3.63, 3.8) is 0 Å². The first-order chi connectivity index (χ1) is 21.1. The third-order valence-corrected chi connectivity index (χ3v) is 7.80. The zero-order valence-electron chi connectivity index (χ0n) is 23.3. The molecular formula is C39H28N2O2. The van der Waals surface area contributed by atoms with Crippen LogP contribution in [0.4, 0.5) is 0 Å². The summed E-state index contributed by atoms with van der Waals surface area (Å²) in [5.41, 5.74) is 15.1. The van der Waals surface area contributed by atoms with Gasteiger partial charge in [0.1, 0.15) is 16.9 Å². The van der Waals surface area contributed by atoms with E-state index >= 15 is 0 Å². The lowest BCUT2D eigenvalue weighted by Gasteiger charge is -2.13. The molecule has 0 bridgehead atoms. The average molecular weight is 557 g/mol. The van der Waals surface area contributed by atoms with Crippen molar-refractivity contribution in [2.75, 3.05) is 0 Å². The molecule has 4 heteroatoms. The van der Waals surface area contributed by atoms with E-state index in [9.17, 15) is 5.11 Å². The minimum atomic E-state index is 0.127. The molecule has 4 nitrogen and oxygen atoms in total. The van der Waals surface area contributed by atoms with Crippen LogP contribution in [0.15, 0.2) is 150 Å². The van der Waals surface area contributed by atoms with E-state index in [1.165, 1.54) is 0 Å². The van der Waals surface area contributed by atoms with E-state index in [0.29, 0.717) is 28.0 Å². The monoisotopic (exact) mass is 556 g/mol. The van der Waals surface area contributed by atoms with Gasteiger partial charge < -0.3 is 20.7 Å². The van der Waals surface area contributed by atoms with Gasteiger partial charge in [0, 0.05) is 33.2 Å². The Hall–Kier alpha value is -5.87. The van der Waals surface area contributed by atoms with Gasteiger partial charge in [0.25, 0.3) is 0 Å². The van der Waals surface area contributed by atoms with Gasteiger partial charge in [0.2, 0.25) is 0 Å². The van der Waals surface area contributed by atoms with Crippen molar-refractivity contribution in [3.05, 3.63) is 157 Å². The Morgan fingerprint density at radius 2 is 1.19 bits per heavy atom. The first-order valence-electron chi connectivity index (χ1n) is 14.1. The van der Waals surface area contributed by atoms with E-state index in [0.717, 1.165) is 44.2 Å². The Labute approximate surface area is 249 Å². The van der Waals surface area contributed by atoms with Crippen LogP contribution in [0.2, 0.25) is 0 Å². The van der Waals surface area contributed by atoms with Crippen molar-refractivity contribution in [2.24, 2.45) is 5.73 Å². The summed E-state index contributed by atoms with van der Waals surface area (Å²) in [5.74, 6) is 0.127. The van der Waals surface area contributed by atoms with Gasteiger partial charge in [-0.1, -0.05) is 127 Å². The summed E-state index contributed by atoms with van der Waals surface area (Å²) in [6.07, 6.45) is 1.67. The first-order valence-corrected chi connectivity index (χ1v) is 14.1. The number of benzene rings is 6. The molecule has 1 heterocycles. The van der Waals surface area contributed by atoms with E-state index in [1.807, 2.05) is 115 Å². The Morgan fingerprint density at radius 1 is 0.581 bits per heavy atom. The molecule has 0 amide bonds. The van der Waals surface area contributed by atoms with Gasteiger partial charge in [-0.05, 0) is 40.5 Å². The fourth-order valence-corrected chi connectivity index (χ4v) is 5.67. The zero-order chi connectivity index (χ0) is 29.3. The smallest absolute Gasteiger partial charge is 0.147 e. The van der Waals surface area contributed by atoms with Gasteiger partial charge in [0.05, 0.1) is 11.3 Å². The predicted octanol–water partition coefficient (Wildman–Crippen LogP) is 9.66. The average Bonchev–Trinajstić information content (AvgIpc) is 3.44. The normalized spacial score (nSPS) is 11.7. The molecule has 0 radical (unpaired) electrons. The molecule has 0 spiro atoms. The summed E-state index contributed by atoms with van der Waals surface area (Å²) in [4.78, 5) is 0. The van der Waals surface area contributed by atoms with Gasteiger partial charge in [-0.2, -0.15) is 0 Å². The van der Waals surface area contributed by atoms with Crippen LogP contribution in [-0.2, 0) is 0 Å². The maximum absolute atomic E-state index is 11.9. The quantitative estimate of drug-likeness (QED) is 0.178. The number of para-hydroxylation sites is 1. The number of hydrogen-bond acceptors (Lipinski definition) is 4. The number of rotatable bonds is 6. The van der Waals surface area contributed by atoms with Crippen LogP contribution in [0, 0.1) is 5.41 Å². The second kappa shape index (κ2) is 10.8. The van der Waals surface area contributed by atoms with Gasteiger partial charge >= 0.3 is 0 Å². The summed E-state index contributed by atoms with van der Waals surface area (Å²) >= 11 is 0. The molecule has 7 rings (SSSR count). The van der Waals surface area contributed by atoms with Crippen molar-refractivity contribution in [2.45, 2.75) is 0 Å². The predicted molar refractivity (Wildman–Crippen MR) is 177 cm³/mol. The summed E-state index contributed by atoms with van der Waals surface area (Å²) < 4.78 is 6.63. The molecule has 0 aliphatic carbocycles. The Bertz CT molecular complexity index is 2150. The molecule has 6 aromatic carbocycles. The highest BCUT2D eigenvalue weighted by atomic mass is 16.3. The molecule has 0 saturated heterocycles. The third kappa shape index (κ3) is 4.75. The SMILES string of the molecule is N=C(/C=C(\N)c1ccccc1)c1cccc(-c2cc3c(oc4c(-c5ccccc5)cccc43)c(-c3ccccc3)c2O)c1. The molecule has 0 atom stereocenters. The molecule has 1 aromatic heterocycles. The Morgan fingerprint density at radius 3 is 1.91 bits per heavy atom. The minimum Gasteiger partial charge on any atom is -0.507 e. The van der Waals surface area contributed by atoms with E-state index < -0.39 is 0 Å². The lowest BCUT2D eigenvalue weighted by molar-refractivity contribution is 0.479. The number of hydrogen-bond donors (Lipinski definition) is 3. The summed E-state index contributed by atoms with van der Waals surface area (Å²) in [6, 6.07) is 45.4. The maximum Gasteiger partial charge on any atom is 0.147 e. The van der Waals surface area contributed by atoms with Crippen LogP contribution in [-0.4, -0.2) is 10.8 Å². The number of nitrogens with two attached hydrogens (primary N) is 1. The molecule has 0 saturated carbocycles. The van der Waals surface area contributed by atoms with Crippen molar-refractivity contribution in [1.29, 1.82) is 5.41 Å². The zero-order valence-corrected chi connectivity index (χ0v) is 23.3. The number of phenols is 1. The number of fused-ring (bicyclic) bond motifs is 3. The summed E-state index contributed by atoms with van der Waals surface area (Å²) in [5, 5.41) is 22.5. The fraction of sp³-hybridized carbons (Fsp3) is 0. The van der Waals surface area contributed by atoms with E-state index in [-0.39, 0.29) is 11.5 Å². The molecule has 7 aromatic rings. The van der Waals surface area contributed by atoms with Crippen molar-refractivity contribution < 1.29 is 9.52 Å². The van der Waals surface area contributed by atoms with Gasteiger partial charge in [-0.3, -0.25) is 0 Å². The van der Waals surface area contributed by atoms with Crippen molar-refractivity contribution in [3.8, 4) is 39.1 Å². The minimum absolute atomic E-state index is 0.127. The molecule has 0 aliphatic heterocycles. The van der Waals surface area contributed by atoms with E-state index in [2.05, 4.69) is 24.3 Å². The molecule has 0 unspecified atom stereocenters. The largest absolute Gasteiger partial charge is 0.507 e. The van der Waals surface area contributed by atoms with Crippen LogP contribution < -0.4 is 5.73 Å². The summed E-state index contributed by atoms with van der Waals surface area (Å²) in [7, 11) is 0. The molecule has 4 N–H and O–H groups in total. The van der Waals surface area contributed by atoms with Gasteiger partial charge in [0.15, 0.2) is 0 Å². The lowest BCUT2D eigenvalue weighted by atomic mass is 9.92. The number of furan rings is 1.